The Morgan fingerprint density at radius 3 is 2.90 bits per heavy atom. The third-order valence-electron chi connectivity index (χ3n) is 3.03. The summed E-state index contributed by atoms with van der Waals surface area (Å²) in [6, 6.07) is 5.87. The van der Waals surface area contributed by atoms with Gasteiger partial charge in [-0.1, -0.05) is 6.07 Å². The van der Waals surface area contributed by atoms with E-state index < -0.39 is 0 Å². The van der Waals surface area contributed by atoms with Crippen LogP contribution in [0.5, 0.6) is 5.75 Å². The van der Waals surface area contributed by atoms with Crippen molar-refractivity contribution < 1.29 is 4.74 Å². The monoisotopic (exact) mass is 288 g/mol. The Bertz CT molecular complexity index is 747. The minimum atomic E-state index is 0.486. The zero-order valence-corrected chi connectivity index (χ0v) is 12.3. The number of nitrogens with two attached hydrogens (primary N) is 1. The summed E-state index contributed by atoms with van der Waals surface area (Å²) in [6.45, 7) is 5.19. The molecular formula is C14H16N4OS. The number of hydrogen-bond donors (Lipinski definition) is 1. The molecule has 104 valence electrons. The van der Waals surface area contributed by atoms with Gasteiger partial charge in [0, 0.05) is 11.1 Å². The molecule has 2 aromatic heterocycles. The second kappa shape index (κ2) is 5.13. The van der Waals surface area contributed by atoms with E-state index in [2.05, 4.69) is 9.97 Å². The zero-order chi connectivity index (χ0) is 14.1. The number of aryl methyl sites for hydroxylation is 1. The number of para-hydroxylation sites is 1. The number of anilines is 1. The number of benzene rings is 1. The SMILES string of the molecule is CCOc1cccc2c1nc(N)n2Cc1nc(C)cs1. The lowest BCUT2D eigenvalue weighted by molar-refractivity contribution is 0.343. The fraction of sp³-hybridized carbons (Fsp3) is 0.286. The summed E-state index contributed by atoms with van der Waals surface area (Å²) in [7, 11) is 0. The minimum absolute atomic E-state index is 0.486. The highest BCUT2D eigenvalue weighted by molar-refractivity contribution is 7.09. The summed E-state index contributed by atoms with van der Waals surface area (Å²) in [5.74, 6) is 1.26. The summed E-state index contributed by atoms with van der Waals surface area (Å²) in [5.41, 5.74) is 8.86. The van der Waals surface area contributed by atoms with Crippen LogP contribution in [0.2, 0.25) is 0 Å². The van der Waals surface area contributed by atoms with E-state index in [1.54, 1.807) is 11.3 Å². The maximum absolute atomic E-state index is 6.05. The topological polar surface area (TPSA) is 66.0 Å². The van der Waals surface area contributed by atoms with Crippen LogP contribution in [0, 0.1) is 6.92 Å². The average Bonchev–Trinajstić information content (AvgIpc) is 2.97. The van der Waals surface area contributed by atoms with E-state index in [0.717, 1.165) is 27.5 Å². The summed E-state index contributed by atoms with van der Waals surface area (Å²) >= 11 is 1.63. The van der Waals surface area contributed by atoms with Gasteiger partial charge in [-0.05, 0) is 26.0 Å². The highest BCUT2D eigenvalue weighted by atomic mass is 32.1. The second-order valence-corrected chi connectivity index (χ2v) is 5.44. The molecule has 3 aromatic rings. The molecule has 6 heteroatoms. The van der Waals surface area contributed by atoms with Gasteiger partial charge >= 0.3 is 0 Å². The van der Waals surface area contributed by atoms with Gasteiger partial charge in [-0.15, -0.1) is 11.3 Å². The number of nitrogens with zero attached hydrogens (tertiary/aromatic N) is 3. The number of nitrogen functional groups attached to an aromatic ring is 1. The fourth-order valence-electron chi connectivity index (χ4n) is 2.19. The van der Waals surface area contributed by atoms with Gasteiger partial charge in [-0.3, -0.25) is 0 Å². The Morgan fingerprint density at radius 2 is 2.20 bits per heavy atom. The van der Waals surface area contributed by atoms with Crippen LogP contribution >= 0.6 is 11.3 Å². The molecule has 0 fully saturated rings. The van der Waals surface area contributed by atoms with Gasteiger partial charge in [0.2, 0.25) is 5.95 Å². The number of fused-ring (bicyclic) bond motifs is 1. The van der Waals surface area contributed by atoms with Gasteiger partial charge in [-0.2, -0.15) is 0 Å². The van der Waals surface area contributed by atoms with Crippen molar-refractivity contribution in [2.75, 3.05) is 12.3 Å². The Hall–Kier alpha value is -2.08. The van der Waals surface area contributed by atoms with Crippen molar-refractivity contribution in [3.05, 3.63) is 34.3 Å². The van der Waals surface area contributed by atoms with Crippen LogP contribution < -0.4 is 10.5 Å². The molecule has 0 saturated carbocycles. The van der Waals surface area contributed by atoms with Gasteiger partial charge in [-0.25, -0.2) is 9.97 Å². The van der Waals surface area contributed by atoms with Crippen LogP contribution in [-0.2, 0) is 6.54 Å². The lowest BCUT2D eigenvalue weighted by Crippen LogP contribution is -2.04. The summed E-state index contributed by atoms with van der Waals surface area (Å²) < 4.78 is 7.57. The third-order valence-corrected chi connectivity index (χ3v) is 3.98. The normalized spacial score (nSPS) is 11.1. The van der Waals surface area contributed by atoms with Crippen molar-refractivity contribution in [2.24, 2.45) is 0 Å². The zero-order valence-electron chi connectivity index (χ0n) is 11.5. The molecule has 1 aromatic carbocycles. The summed E-state index contributed by atoms with van der Waals surface area (Å²) in [4.78, 5) is 8.90. The molecule has 0 spiro atoms. The molecule has 0 radical (unpaired) electrons. The van der Waals surface area contributed by atoms with Crippen molar-refractivity contribution in [2.45, 2.75) is 20.4 Å². The molecule has 0 saturated heterocycles. The van der Waals surface area contributed by atoms with E-state index in [9.17, 15) is 0 Å². The van der Waals surface area contributed by atoms with Crippen LogP contribution in [0.3, 0.4) is 0 Å². The van der Waals surface area contributed by atoms with Gasteiger partial charge in [0.1, 0.15) is 16.3 Å². The van der Waals surface area contributed by atoms with E-state index >= 15 is 0 Å². The molecule has 0 aliphatic rings. The first-order valence-corrected chi connectivity index (χ1v) is 7.35. The number of rotatable bonds is 4. The van der Waals surface area contributed by atoms with Crippen molar-refractivity contribution in [1.82, 2.24) is 14.5 Å². The highest BCUT2D eigenvalue weighted by Crippen LogP contribution is 2.28. The van der Waals surface area contributed by atoms with Crippen LogP contribution in [0.4, 0.5) is 5.95 Å². The van der Waals surface area contributed by atoms with E-state index in [1.165, 1.54) is 0 Å². The van der Waals surface area contributed by atoms with Crippen molar-refractivity contribution in [3.63, 3.8) is 0 Å². The lowest BCUT2D eigenvalue weighted by atomic mass is 10.3. The van der Waals surface area contributed by atoms with Crippen molar-refractivity contribution in [1.29, 1.82) is 0 Å². The van der Waals surface area contributed by atoms with Crippen molar-refractivity contribution in [3.8, 4) is 5.75 Å². The van der Waals surface area contributed by atoms with Gasteiger partial charge < -0.3 is 15.0 Å². The van der Waals surface area contributed by atoms with E-state index in [4.69, 9.17) is 10.5 Å². The van der Waals surface area contributed by atoms with Gasteiger partial charge in [0.15, 0.2) is 0 Å². The Balaban J connectivity index is 2.06. The molecule has 2 N–H and O–H groups in total. The van der Waals surface area contributed by atoms with Crippen LogP contribution in [-0.4, -0.2) is 21.1 Å². The number of hydrogen-bond acceptors (Lipinski definition) is 5. The molecule has 0 atom stereocenters. The Kier molecular flexibility index (Phi) is 3.31. The van der Waals surface area contributed by atoms with Crippen molar-refractivity contribution >= 4 is 28.3 Å². The lowest BCUT2D eigenvalue weighted by Gasteiger charge is -2.05. The summed E-state index contributed by atoms with van der Waals surface area (Å²) in [6.07, 6.45) is 0. The number of thiazole rings is 1. The molecule has 3 rings (SSSR count). The molecule has 2 heterocycles. The Labute approximate surface area is 121 Å². The first kappa shape index (κ1) is 12.9. The smallest absolute Gasteiger partial charge is 0.201 e. The van der Waals surface area contributed by atoms with Gasteiger partial charge in [0.05, 0.1) is 18.7 Å². The van der Waals surface area contributed by atoms with Crippen LogP contribution in [0.15, 0.2) is 23.6 Å². The average molecular weight is 288 g/mol. The van der Waals surface area contributed by atoms with E-state index in [0.29, 0.717) is 19.1 Å². The maximum atomic E-state index is 6.05. The largest absolute Gasteiger partial charge is 0.492 e. The molecule has 0 aliphatic heterocycles. The van der Waals surface area contributed by atoms with E-state index in [1.807, 2.05) is 42.0 Å². The van der Waals surface area contributed by atoms with E-state index in [-0.39, 0.29) is 0 Å². The third kappa shape index (κ3) is 2.22. The van der Waals surface area contributed by atoms with Crippen LogP contribution in [0.25, 0.3) is 11.0 Å². The molecule has 0 amide bonds. The number of imidazole rings is 1. The molecule has 0 unspecified atom stereocenters. The summed E-state index contributed by atoms with van der Waals surface area (Å²) in [5, 5.41) is 3.06. The molecule has 0 aliphatic carbocycles. The first-order valence-electron chi connectivity index (χ1n) is 6.47. The molecule has 0 bridgehead atoms. The Morgan fingerprint density at radius 1 is 1.35 bits per heavy atom. The number of ether oxygens (including phenoxy) is 1. The fourth-order valence-corrected chi connectivity index (χ4v) is 2.95. The quantitative estimate of drug-likeness (QED) is 0.801. The minimum Gasteiger partial charge on any atom is -0.492 e. The van der Waals surface area contributed by atoms with Gasteiger partial charge in [0.25, 0.3) is 0 Å². The molecule has 5 nitrogen and oxygen atoms in total. The van der Waals surface area contributed by atoms with Crippen LogP contribution in [0.1, 0.15) is 17.6 Å². The standard InChI is InChI=1S/C14H16N4OS/c1-3-19-11-6-4-5-10-13(11)17-14(15)18(10)7-12-16-9(2)8-20-12/h4-6,8H,3,7H2,1-2H3,(H2,15,17). The first-order chi connectivity index (χ1) is 9.69. The highest BCUT2D eigenvalue weighted by Gasteiger charge is 2.13. The molecular weight excluding hydrogens is 272 g/mol. The predicted octanol–water partition coefficient (Wildman–Crippen LogP) is 2.83. The maximum Gasteiger partial charge on any atom is 0.201 e. The second-order valence-electron chi connectivity index (χ2n) is 4.50. The number of aromatic nitrogens is 3. The molecule has 20 heavy (non-hydrogen) atoms. The predicted molar refractivity (Wildman–Crippen MR) is 81.3 cm³/mol.